The summed E-state index contributed by atoms with van der Waals surface area (Å²) in [7, 11) is 0. The first-order chi connectivity index (χ1) is 12.4. The van der Waals surface area contributed by atoms with Gasteiger partial charge in [-0.05, 0) is 24.3 Å². The number of rotatable bonds is 6. The molecule has 0 radical (unpaired) electrons. The Kier molecular flexibility index (Phi) is 6.17. The van der Waals surface area contributed by atoms with Crippen molar-refractivity contribution < 1.29 is 25.0 Å². The molecule has 0 aromatic heterocycles. The van der Waals surface area contributed by atoms with Gasteiger partial charge in [0.1, 0.15) is 5.82 Å². The standard InChI is InChI=1S/C21H24FN3.Nb/c1-3-20(23)12-15(2)25-10-8-16(9-11-25)18-13-21(24-14-18)17-4-6-19(22)7-5-17;/h4-7,13,16,23H,2,8-12,14H2,1H3;. The second-order valence-electron chi connectivity index (χ2n) is 7.00. The molecule has 1 aromatic carbocycles. The van der Waals surface area contributed by atoms with Crippen molar-refractivity contribution in [2.24, 2.45) is 10.9 Å². The van der Waals surface area contributed by atoms with E-state index in [1.165, 1.54) is 17.7 Å². The molecular weight excluding hydrogens is 406 g/mol. The average molecular weight is 430 g/mol. The summed E-state index contributed by atoms with van der Waals surface area (Å²) < 4.78 is 14.2. The summed E-state index contributed by atoms with van der Waals surface area (Å²) in [4.78, 5) is 6.98. The van der Waals surface area contributed by atoms with Crippen LogP contribution in [0.25, 0.3) is 0 Å². The van der Waals surface area contributed by atoms with Crippen molar-refractivity contribution >= 4 is 15.1 Å². The van der Waals surface area contributed by atoms with Gasteiger partial charge in [0.15, 0.2) is 0 Å². The molecule has 26 heavy (non-hydrogen) atoms. The fourth-order valence-electron chi connectivity index (χ4n) is 3.50. The molecular formula is C21H24FN3Nb. The number of hydrogen-bond donors (Lipinski definition) is 1. The number of hydrogen-bond acceptors (Lipinski definition) is 3. The van der Waals surface area contributed by atoms with Crippen LogP contribution in [0.5, 0.6) is 0 Å². The zero-order chi connectivity index (χ0) is 18.7. The van der Waals surface area contributed by atoms with Gasteiger partial charge < -0.3 is 0 Å². The molecule has 135 valence electrons. The molecule has 1 fully saturated rings. The van der Waals surface area contributed by atoms with Crippen molar-refractivity contribution in [2.75, 3.05) is 19.6 Å². The number of halogens is 1. The van der Waals surface area contributed by atoms with E-state index >= 15 is 0 Å². The first-order valence-electron chi connectivity index (χ1n) is 8.98. The number of piperidine rings is 1. The fourth-order valence-corrected chi connectivity index (χ4v) is 3.69. The molecule has 1 aromatic rings. The van der Waals surface area contributed by atoms with Gasteiger partial charge in [0.25, 0.3) is 0 Å². The third-order valence-corrected chi connectivity index (χ3v) is 5.84. The zero-order valence-corrected chi connectivity index (χ0v) is 17.3. The van der Waals surface area contributed by atoms with Gasteiger partial charge in [-0.1, -0.05) is 0 Å². The predicted octanol–water partition coefficient (Wildman–Crippen LogP) is 3.93. The Morgan fingerprint density at radius 2 is 1.96 bits per heavy atom. The van der Waals surface area contributed by atoms with Gasteiger partial charge in [-0.2, -0.15) is 0 Å². The van der Waals surface area contributed by atoms with Crippen molar-refractivity contribution in [1.82, 2.24) is 4.90 Å². The summed E-state index contributed by atoms with van der Waals surface area (Å²) in [6.07, 6.45) is 5.05. The minimum atomic E-state index is -0.214. The summed E-state index contributed by atoms with van der Waals surface area (Å²) in [5.74, 6) is 0.344. The predicted molar refractivity (Wildman–Crippen MR) is 102 cm³/mol. The van der Waals surface area contributed by atoms with E-state index < -0.39 is 0 Å². The first kappa shape index (κ1) is 19.2. The Balaban J connectivity index is 1.55. The molecule has 2 aliphatic heterocycles. The molecule has 0 atom stereocenters. The number of aliphatic imine (C=N–C) groups is 1. The van der Waals surface area contributed by atoms with E-state index in [0.29, 0.717) is 18.1 Å². The topological polar surface area (TPSA) is 39.5 Å². The number of likely N-dealkylation sites (tertiary alicyclic amines) is 1. The second-order valence-corrected chi connectivity index (χ2v) is 8.64. The molecule has 3 rings (SSSR count). The van der Waals surface area contributed by atoms with E-state index in [1.807, 2.05) is 6.92 Å². The Morgan fingerprint density at radius 3 is 2.58 bits per heavy atom. The van der Waals surface area contributed by atoms with Crippen LogP contribution in [0.1, 0.15) is 31.7 Å². The van der Waals surface area contributed by atoms with Crippen molar-refractivity contribution in [3.63, 3.8) is 0 Å². The van der Waals surface area contributed by atoms with Crippen molar-refractivity contribution in [3.8, 4) is 0 Å². The molecule has 5 heteroatoms. The Hall–Kier alpha value is -1.62. The van der Waals surface area contributed by atoms with Gasteiger partial charge >= 0.3 is 132 Å². The van der Waals surface area contributed by atoms with E-state index in [0.717, 1.165) is 53.2 Å². The van der Waals surface area contributed by atoms with E-state index in [1.54, 1.807) is 32.7 Å². The van der Waals surface area contributed by atoms with E-state index in [2.05, 4.69) is 22.5 Å². The molecule has 1 N–H and O–H groups in total. The summed E-state index contributed by atoms with van der Waals surface area (Å²) in [6, 6.07) is 6.56. The van der Waals surface area contributed by atoms with Crippen LogP contribution in [0, 0.1) is 17.1 Å². The summed E-state index contributed by atoms with van der Waals surface area (Å²) >= 11 is 1.61. The van der Waals surface area contributed by atoms with Crippen LogP contribution >= 0.6 is 0 Å². The van der Waals surface area contributed by atoms with Crippen molar-refractivity contribution in [3.05, 3.63) is 59.6 Å². The molecule has 2 heterocycles. The number of nitrogens with one attached hydrogen (secondary N) is 1. The second kappa shape index (κ2) is 8.38. The molecule has 0 unspecified atom stereocenters. The molecule has 0 saturated carbocycles. The van der Waals surface area contributed by atoms with Crippen molar-refractivity contribution in [1.29, 1.82) is 5.41 Å². The maximum atomic E-state index is 13.1. The Labute approximate surface area is 166 Å². The molecule has 3 nitrogen and oxygen atoms in total. The van der Waals surface area contributed by atoms with E-state index in [9.17, 15) is 4.39 Å². The van der Waals surface area contributed by atoms with Gasteiger partial charge in [0.05, 0.1) is 0 Å². The van der Waals surface area contributed by atoms with Crippen LogP contribution in [0.2, 0.25) is 0 Å². The van der Waals surface area contributed by atoms with Gasteiger partial charge in [-0.25, -0.2) is 4.39 Å². The molecule has 0 spiro atoms. The van der Waals surface area contributed by atoms with Crippen LogP contribution < -0.4 is 0 Å². The quantitative estimate of drug-likeness (QED) is 0.539. The number of nitrogens with zero attached hydrogens (tertiary/aromatic N) is 2. The summed E-state index contributed by atoms with van der Waals surface area (Å²) in [5.41, 5.74) is 5.10. The molecule has 2 aliphatic rings. The Bertz CT molecular complexity index is 784. The zero-order valence-electron chi connectivity index (χ0n) is 15.1. The van der Waals surface area contributed by atoms with Crippen LogP contribution in [0.3, 0.4) is 0 Å². The van der Waals surface area contributed by atoms with E-state index in [-0.39, 0.29) is 5.82 Å². The van der Waals surface area contributed by atoms with Gasteiger partial charge in [0, 0.05) is 0 Å². The Morgan fingerprint density at radius 1 is 1.31 bits per heavy atom. The first-order valence-corrected chi connectivity index (χ1v) is 10.1. The fraction of sp³-hybridized carbons (Fsp3) is 0.381. The third-order valence-electron chi connectivity index (χ3n) is 5.18. The van der Waals surface area contributed by atoms with Crippen LogP contribution in [-0.2, 0) is 20.6 Å². The van der Waals surface area contributed by atoms with Gasteiger partial charge in [0.2, 0.25) is 0 Å². The summed E-state index contributed by atoms with van der Waals surface area (Å²) in [5, 5.41) is 8.03. The SMILES string of the molecule is C=C(CC(=N)[C](C)=[Nb])N1CCC(C2=CC(c3ccc(F)cc3)=NC2)CC1. The monoisotopic (exact) mass is 430 g/mol. The number of benzene rings is 1. The molecule has 0 amide bonds. The van der Waals surface area contributed by atoms with Crippen LogP contribution in [0.15, 0.2) is 53.2 Å². The molecule has 0 aliphatic carbocycles. The summed E-state index contributed by atoms with van der Waals surface area (Å²) in [6.45, 7) is 8.94. The normalized spacial score (nSPS) is 17.7. The third kappa shape index (κ3) is 4.56. The van der Waals surface area contributed by atoms with Crippen molar-refractivity contribution in [2.45, 2.75) is 26.2 Å². The van der Waals surface area contributed by atoms with E-state index in [4.69, 9.17) is 5.41 Å². The molecule has 1 saturated heterocycles. The number of allylic oxidation sites excluding steroid dienone is 2. The minimum absolute atomic E-state index is 0.214. The average Bonchev–Trinajstić information content (AvgIpc) is 3.12. The van der Waals surface area contributed by atoms with Gasteiger partial charge in [-0.15, -0.1) is 0 Å². The maximum absolute atomic E-state index is 13.1. The molecule has 0 bridgehead atoms. The van der Waals surface area contributed by atoms with Crippen LogP contribution in [0.4, 0.5) is 4.39 Å². The van der Waals surface area contributed by atoms with Crippen LogP contribution in [-0.4, -0.2) is 39.7 Å². The van der Waals surface area contributed by atoms with Gasteiger partial charge in [-0.3, -0.25) is 0 Å².